The minimum atomic E-state index is -1.21. The van der Waals surface area contributed by atoms with E-state index in [0.717, 1.165) is 24.0 Å². The molecular weight excluding hydrogens is 672 g/mol. The third-order valence-corrected chi connectivity index (χ3v) is 11.2. The Morgan fingerprint density at radius 2 is 1.94 bits per heavy atom. The van der Waals surface area contributed by atoms with Gasteiger partial charge in [0.1, 0.15) is 11.8 Å². The fourth-order valence-corrected chi connectivity index (χ4v) is 8.33. The topological polar surface area (TPSA) is 223 Å². The summed E-state index contributed by atoms with van der Waals surface area (Å²) in [4.78, 5) is 59.0. The number of nitrogens with zero attached hydrogens (tertiary/aromatic N) is 3. The van der Waals surface area contributed by atoms with Crippen molar-refractivity contribution in [3.05, 3.63) is 35.1 Å². The highest BCUT2D eigenvalue weighted by Crippen LogP contribution is 2.62. The maximum atomic E-state index is 14.0. The quantitative estimate of drug-likeness (QED) is 0.0990. The van der Waals surface area contributed by atoms with Crippen LogP contribution in [0.2, 0.25) is 0 Å². The van der Waals surface area contributed by atoms with Gasteiger partial charge in [-0.15, -0.1) is 0 Å². The number of amides is 4. The Bertz CT molecular complexity index is 1600. The van der Waals surface area contributed by atoms with Gasteiger partial charge < -0.3 is 56.5 Å². The molecule has 6 atom stereocenters. The number of nitrogens with one attached hydrogen (secondary N) is 3. The van der Waals surface area contributed by atoms with E-state index in [0.29, 0.717) is 49.6 Å². The SMILES string of the molecule is COc1ccc(C)c2c1OC1C(OC(=O)N3CCCCC3CNC(=O)C(CCCN=C(N)N)NC(=O)CNC(C)=O)=CCC3(O)C(C)N(C)CCC213. The van der Waals surface area contributed by atoms with E-state index in [1.54, 1.807) is 18.1 Å². The van der Waals surface area contributed by atoms with Crippen LogP contribution in [0, 0.1) is 6.92 Å². The van der Waals surface area contributed by atoms with Gasteiger partial charge in [-0.25, -0.2) is 4.79 Å². The molecule has 16 nitrogen and oxygen atoms in total. The summed E-state index contributed by atoms with van der Waals surface area (Å²) in [7, 11) is 3.58. The van der Waals surface area contributed by atoms with Gasteiger partial charge >= 0.3 is 6.09 Å². The molecule has 4 aliphatic rings. The van der Waals surface area contributed by atoms with Crippen molar-refractivity contribution >= 4 is 29.8 Å². The number of hydrogen-bond acceptors (Lipinski definition) is 10. The number of ether oxygens (including phenoxy) is 3. The number of guanidine groups is 1. The molecule has 16 heteroatoms. The first-order chi connectivity index (χ1) is 24.7. The van der Waals surface area contributed by atoms with Crippen LogP contribution in [0.25, 0.3) is 0 Å². The predicted octanol–water partition coefficient (Wildman–Crippen LogP) is 0.527. The lowest BCUT2D eigenvalue weighted by Gasteiger charge is -2.58. The number of hydrogen-bond donors (Lipinski definition) is 6. The van der Waals surface area contributed by atoms with Crippen LogP contribution in [0.1, 0.15) is 69.9 Å². The number of methoxy groups -OCH3 is 1. The monoisotopic (exact) mass is 726 g/mol. The first kappa shape index (κ1) is 38.7. The number of carbonyl (C=O) groups is 4. The fourth-order valence-electron chi connectivity index (χ4n) is 8.33. The maximum absolute atomic E-state index is 14.0. The molecule has 2 saturated heterocycles. The average Bonchev–Trinajstić information content (AvgIpc) is 3.48. The first-order valence-electron chi connectivity index (χ1n) is 18.1. The highest BCUT2D eigenvalue weighted by Gasteiger charge is 2.69. The number of aryl methyl sites for hydroxylation is 1. The lowest BCUT2D eigenvalue weighted by atomic mass is 9.54. The Balaban J connectivity index is 1.32. The molecular formula is C36H54N8O8. The second kappa shape index (κ2) is 16.0. The molecule has 286 valence electrons. The molecule has 6 unspecified atom stereocenters. The molecule has 1 aliphatic carbocycles. The number of fused-ring (bicyclic) bond motifs is 1. The first-order valence-corrected chi connectivity index (χ1v) is 18.1. The number of likely N-dealkylation sites (N-methyl/N-ethyl adjacent to an activating group) is 1. The number of carbonyl (C=O) groups excluding carboxylic acids is 4. The van der Waals surface area contributed by atoms with Crippen LogP contribution in [0.15, 0.2) is 29.0 Å². The summed E-state index contributed by atoms with van der Waals surface area (Å²) in [5.41, 5.74) is 10.6. The van der Waals surface area contributed by atoms with Crippen molar-refractivity contribution in [2.24, 2.45) is 16.5 Å². The van der Waals surface area contributed by atoms with Gasteiger partial charge in [-0.1, -0.05) is 6.07 Å². The average molecular weight is 727 g/mol. The van der Waals surface area contributed by atoms with Gasteiger partial charge in [0.25, 0.3) is 0 Å². The Labute approximate surface area is 304 Å². The Morgan fingerprint density at radius 1 is 1.17 bits per heavy atom. The van der Waals surface area contributed by atoms with Crippen LogP contribution >= 0.6 is 0 Å². The van der Waals surface area contributed by atoms with E-state index in [1.807, 2.05) is 33.0 Å². The zero-order valence-corrected chi connectivity index (χ0v) is 30.8. The van der Waals surface area contributed by atoms with Gasteiger partial charge in [0, 0.05) is 44.6 Å². The zero-order chi connectivity index (χ0) is 37.8. The van der Waals surface area contributed by atoms with Crippen LogP contribution in [-0.2, 0) is 24.5 Å². The van der Waals surface area contributed by atoms with E-state index in [1.165, 1.54) is 6.92 Å². The highest BCUT2D eigenvalue weighted by atomic mass is 16.6. The highest BCUT2D eigenvalue weighted by molar-refractivity contribution is 5.89. The van der Waals surface area contributed by atoms with Crippen molar-refractivity contribution in [3.8, 4) is 11.5 Å². The molecule has 3 heterocycles. The molecule has 5 rings (SSSR count). The summed E-state index contributed by atoms with van der Waals surface area (Å²) < 4.78 is 18.6. The summed E-state index contributed by atoms with van der Waals surface area (Å²) >= 11 is 0. The Kier molecular flexibility index (Phi) is 11.9. The number of aliphatic hydroxyl groups is 1. The number of likely N-dealkylation sites (tertiary alicyclic amines) is 2. The molecule has 1 spiro atoms. The summed E-state index contributed by atoms with van der Waals surface area (Å²) in [5.74, 6) is 0.0544. The number of rotatable bonds is 12. The van der Waals surface area contributed by atoms with Gasteiger partial charge in [-0.3, -0.25) is 19.4 Å². The Morgan fingerprint density at radius 3 is 2.65 bits per heavy atom. The van der Waals surface area contributed by atoms with E-state index in [9.17, 15) is 24.3 Å². The fraction of sp³-hybridized carbons (Fsp3) is 0.639. The summed E-state index contributed by atoms with van der Waals surface area (Å²) in [6.07, 6.45) is 4.20. The van der Waals surface area contributed by atoms with Crippen molar-refractivity contribution in [3.63, 3.8) is 0 Å². The van der Waals surface area contributed by atoms with E-state index in [4.69, 9.17) is 25.7 Å². The molecule has 2 fully saturated rings. The normalized spacial score (nSPS) is 27.0. The van der Waals surface area contributed by atoms with Crippen molar-refractivity contribution in [2.75, 3.05) is 46.9 Å². The largest absolute Gasteiger partial charge is 0.493 e. The number of aliphatic imine (C=N–C) groups is 1. The predicted molar refractivity (Wildman–Crippen MR) is 193 cm³/mol. The van der Waals surface area contributed by atoms with E-state index in [-0.39, 0.29) is 56.4 Å². The minimum Gasteiger partial charge on any atom is -0.493 e. The van der Waals surface area contributed by atoms with E-state index >= 15 is 0 Å². The molecule has 0 bridgehead atoms. The van der Waals surface area contributed by atoms with E-state index in [2.05, 4.69) is 25.8 Å². The standard InChI is InChI=1S/C36H54N8O8/c1-21-11-12-26(50-5)30-29(21)35-15-18-43(4)22(2)36(35,49)14-13-27(31(35)52-30)51-34(48)44-17-7-6-9-24(44)19-41-32(47)25(10-8-16-39-33(37)38)42-28(46)20-40-23(3)45/h11-13,22,24-25,31,49H,6-10,14-20H2,1-5H3,(H,40,45)(H,41,47)(H,42,46)(H4,37,38,39). The number of piperidine rings is 2. The zero-order valence-electron chi connectivity index (χ0n) is 30.8. The third kappa shape index (κ3) is 7.49. The van der Waals surface area contributed by atoms with Crippen LogP contribution < -0.4 is 36.9 Å². The van der Waals surface area contributed by atoms with Crippen molar-refractivity contribution in [2.45, 2.75) is 101 Å². The molecule has 0 aromatic heterocycles. The van der Waals surface area contributed by atoms with E-state index < -0.39 is 41.1 Å². The van der Waals surface area contributed by atoms with Crippen LogP contribution in [0.4, 0.5) is 4.79 Å². The second-order valence-corrected chi connectivity index (χ2v) is 14.3. The maximum Gasteiger partial charge on any atom is 0.415 e. The number of nitrogens with two attached hydrogens (primary N) is 2. The van der Waals surface area contributed by atoms with Crippen LogP contribution in [-0.4, -0.2) is 121 Å². The molecule has 1 aromatic rings. The second-order valence-electron chi connectivity index (χ2n) is 14.3. The number of benzene rings is 1. The van der Waals surface area contributed by atoms with Crippen molar-refractivity contribution < 1.29 is 38.5 Å². The Hall–Kier alpha value is -4.57. The smallest absolute Gasteiger partial charge is 0.415 e. The molecule has 4 amide bonds. The lowest BCUT2D eigenvalue weighted by Crippen LogP contribution is -2.71. The van der Waals surface area contributed by atoms with Crippen molar-refractivity contribution in [1.82, 2.24) is 25.8 Å². The van der Waals surface area contributed by atoms with Crippen molar-refractivity contribution in [1.29, 1.82) is 0 Å². The lowest BCUT2D eigenvalue weighted by molar-refractivity contribution is -0.153. The molecule has 0 radical (unpaired) electrons. The van der Waals surface area contributed by atoms with Gasteiger partial charge in [-0.05, 0) is 83.7 Å². The molecule has 1 aromatic carbocycles. The van der Waals surface area contributed by atoms with Crippen LogP contribution in [0.5, 0.6) is 11.5 Å². The van der Waals surface area contributed by atoms with Gasteiger partial charge in [0.2, 0.25) is 17.7 Å². The third-order valence-electron chi connectivity index (χ3n) is 11.2. The molecule has 52 heavy (non-hydrogen) atoms. The van der Waals surface area contributed by atoms with Gasteiger partial charge in [0.15, 0.2) is 23.6 Å². The molecule has 8 N–H and O–H groups in total. The summed E-state index contributed by atoms with van der Waals surface area (Å²) in [5, 5.41) is 20.6. The summed E-state index contributed by atoms with van der Waals surface area (Å²) in [6, 6.07) is 2.33. The molecule has 3 aliphatic heterocycles. The minimum absolute atomic E-state index is 0.0745. The van der Waals surface area contributed by atoms with Gasteiger partial charge in [0.05, 0.1) is 30.7 Å². The summed E-state index contributed by atoms with van der Waals surface area (Å²) in [6.45, 7) is 6.57. The van der Waals surface area contributed by atoms with Gasteiger partial charge in [-0.2, -0.15) is 0 Å². The molecule has 0 saturated carbocycles. The van der Waals surface area contributed by atoms with Crippen LogP contribution in [0.3, 0.4) is 0 Å².